The van der Waals surface area contributed by atoms with Crippen LogP contribution in [0.4, 0.5) is 0 Å². The third kappa shape index (κ3) is 4.61. The molecule has 1 aliphatic carbocycles. The van der Waals surface area contributed by atoms with Gasteiger partial charge in [0, 0.05) is 27.0 Å². The summed E-state index contributed by atoms with van der Waals surface area (Å²) < 4.78 is 5.01. The molecule has 0 aromatic heterocycles. The van der Waals surface area contributed by atoms with Crippen molar-refractivity contribution in [1.82, 2.24) is 0 Å². The molecule has 1 aliphatic rings. The number of hydrogen-bond donors (Lipinski definition) is 0. The number of carbonyl (C=O) groups is 1. The van der Waals surface area contributed by atoms with Crippen LogP contribution in [0, 0.1) is 0 Å². The molecule has 0 heterocycles. The highest BCUT2D eigenvalue weighted by Gasteiger charge is 2.38. The predicted octanol–water partition coefficient (Wildman–Crippen LogP) is 12.6. The summed E-state index contributed by atoms with van der Waals surface area (Å²) in [4.78, 5) is 13.5. The monoisotopic (exact) mass is 928 g/mol. The van der Waals surface area contributed by atoms with E-state index in [0.717, 1.165) is 66.4 Å². The second-order valence-electron chi connectivity index (χ2n) is 8.58. The van der Waals surface area contributed by atoms with Gasteiger partial charge in [-0.2, -0.15) is 0 Å². The molecule has 0 amide bonds. The van der Waals surface area contributed by atoms with Gasteiger partial charge in [0.05, 0.1) is 30.2 Å². The predicted molar refractivity (Wildman–Crippen MR) is 182 cm³/mol. The molecule has 0 radical (unpaired) electrons. The maximum Gasteiger partial charge on any atom is 0.338 e. The standard InChI is InChI=1S/C28H16Br6Cl2O2/c1-38-28(37)23-15(10-30)22-20-13(27(33)34)8-17(36)24-16(35)7-12(26(31)32)19(25(20)24)21(22)14(9-29)18(23)11-5-3-2-4-6-11/h2-8,26-27H,9-10H2,1H3. The Morgan fingerprint density at radius 3 is 1.71 bits per heavy atom. The smallest absolute Gasteiger partial charge is 0.338 e. The number of esters is 1. The van der Waals surface area contributed by atoms with E-state index in [-0.39, 0.29) is 7.47 Å². The fraction of sp³-hybridized carbons (Fsp3) is 0.179. The van der Waals surface area contributed by atoms with Crippen molar-refractivity contribution in [1.29, 1.82) is 0 Å². The molecule has 4 aromatic rings. The van der Waals surface area contributed by atoms with Gasteiger partial charge in [-0.1, -0.05) is 149 Å². The average molecular weight is 935 g/mol. The summed E-state index contributed by atoms with van der Waals surface area (Å²) >= 11 is 36.2. The van der Waals surface area contributed by atoms with Gasteiger partial charge in [0.15, 0.2) is 0 Å². The summed E-state index contributed by atoms with van der Waals surface area (Å²) in [5.41, 5.74) is 10.1. The minimum absolute atomic E-state index is 0.173. The fourth-order valence-corrected chi connectivity index (χ4v) is 8.63. The van der Waals surface area contributed by atoms with Crippen LogP contribution in [0.5, 0.6) is 0 Å². The maximum atomic E-state index is 13.5. The lowest BCUT2D eigenvalue weighted by Gasteiger charge is -2.23. The summed E-state index contributed by atoms with van der Waals surface area (Å²) in [5.74, 6) is -0.391. The Kier molecular flexibility index (Phi) is 9.14. The molecule has 0 fully saturated rings. The summed E-state index contributed by atoms with van der Waals surface area (Å²) in [5, 5.41) is 3.81. The molecule has 5 rings (SSSR count). The van der Waals surface area contributed by atoms with Crippen LogP contribution in [0.2, 0.25) is 10.0 Å². The number of ether oxygens (including phenoxy) is 1. The SMILES string of the molecule is COC(=O)c1c(CBr)c2c(c(CBr)c1-c1ccccc1)-c1c(C(Br)Br)cc(Cl)c3c(Cl)cc(C(Br)Br)c-2c13. The molecule has 0 bridgehead atoms. The quantitative estimate of drug-likeness (QED) is 0.125. The highest BCUT2D eigenvalue weighted by atomic mass is 79.9. The van der Waals surface area contributed by atoms with Crippen LogP contribution in [0.15, 0.2) is 42.5 Å². The van der Waals surface area contributed by atoms with Crippen molar-refractivity contribution in [3.63, 3.8) is 0 Å². The van der Waals surface area contributed by atoms with Gasteiger partial charge in [-0.25, -0.2) is 4.79 Å². The lowest BCUT2D eigenvalue weighted by atomic mass is 9.82. The number of hydrogen-bond acceptors (Lipinski definition) is 2. The second kappa shape index (κ2) is 11.7. The van der Waals surface area contributed by atoms with Gasteiger partial charge in [0.25, 0.3) is 0 Å². The molecule has 38 heavy (non-hydrogen) atoms. The van der Waals surface area contributed by atoms with Crippen molar-refractivity contribution in [2.75, 3.05) is 7.11 Å². The van der Waals surface area contributed by atoms with E-state index in [1.807, 2.05) is 42.5 Å². The van der Waals surface area contributed by atoms with Crippen molar-refractivity contribution >= 4 is 136 Å². The van der Waals surface area contributed by atoms with Gasteiger partial charge < -0.3 is 4.74 Å². The Balaban J connectivity index is 2.15. The lowest BCUT2D eigenvalue weighted by molar-refractivity contribution is 0.0600. The number of carbonyl (C=O) groups excluding carboxylic acids is 1. The van der Waals surface area contributed by atoms with E-state index in [2.05, 4.69) is 95.6 Å². The minimum Gasteiger partial charge on any atom is -0.465 e. The summed E-state index contributed by atoms with van der Waals surface area (Å²) in [6.45, 7) is 0. The molecule has 0 saturated heterocycles. The third-order valence-corrected chi connectivity index (χ3v) is 10.5. The summed E-state index contributed by atoms with van der Waals surface area (Å²) in [6.07, 6.45) is 0. The number of fused-ring (bicyclic) bond motifs is 3. The highest BCUT2D eigenvalue weighted by Crippen LogP contribution is 2.61. The Morgan fingerprint density at radius 2 is 1.26 bits per heavy atom. The van der Waals surface area contributed by atoms with Crippen LogP contribution >= 0.6 is 119 Å². The van der Waals surface area contributed by atoms with E-state index in [1.54, 1.807) is 0 Å². The summed E-state index contributed by atoms with van der Waals surface area (Å²) in [6, 6.07) is 13.8. The zero-order valence-corrected chi connectivity index (χ0v) is 30.5. The lowest BCUT2D eigenvalue weighted by Crippen LogP contribution is -2.12. The second-order valence-corrected chi connectivity index (χ2v) is 16.6. The van der Waals surface area contributed by atoms with Crippen molar-refractivity contribution in [3.05, 3.63) is 80.3 Å². The zero-order chi connectivity index (χ0) is 27.5. The van der Waals surface area contributed by atoms with E-state index in [1.165, 1.54) is 7.11 Å². The van der Waals surface area contributed by atoms with Gasteiger partial charge in [-0.05, 0) is 62.2 Å². The van der Waals surface area contributed by atoms with Gasteiger partial charge in [-0.3, -0.25) is 0 Å². The molecule has 196 valence electrons. The first-order valence-corrected chi connectivity index (χ1v) is 17.9. The third-order valence-electron chi connectivity index (χ3n) is 6.77. The fourth-order valence-electron chi connectivity index (χ4n) is 5.38. The molecular weight excluding hydrogens is 919 g/mol. The molecular formula is C28H16Br6Cl2O2. The average Bonchev–Trinajstić information content (AvgIpc) is 3.25. The number of rotatable bonds is 6. The largest absolute Gasteiger partial charge is 0.465 e. The number of benzene rings is 4. The summed E-state index contributed by atoms with van der Waals surface area (Å²) in [7, 11) is 1.42. The van der Waals surface area contributed by atoms with Crippen LogP contribution < -0.4 is 0 Å². The van der Waals surface area contributed by atoms with E-state index >= 15 is 0 Å². The molecule has 4 aromatic carbocycles. The molecule has 0 atom stereocenters. The number of alkyl halides is 6. The van der Waals surface area contributed by atoms with E-state index < -0.39 is 5.97 Å². The normalized spacial score (nSPS) is 12.1. The van der Waals surface area contributed by atoms with Crippen LogP contribution in [0.3, 0.4) is 0 Å². The zero-order valence-electron chi connectivity index (χ0n) is 19.5. The molecule has 0 saturated carbocycles. The van der Waals surface area contributed by atoms with Crippen molar-refractivity contribution in [2.24, 2.45) is 0 Å². The maximum absolute atomic E-state index is 13.5. The number of halogens is 8. The van der Waals surface area contributed by atoms with Crippen LogP contribution in [-0.4, -0.2) is 13.1 Å². The first kappa shape index (κ1) is 29.6. The molecule has 0 aliphatic heterocycles. The van der Waals surface area contributed by atoms with Crippen LogP contribution in [0.1, 0.15) is 40.1 Å². The number of methoxy groups -OCH3 is 1. The van der Waals surface area contributed by atoms with E-state index in [0.29, 0.717) is 26.3 Å². The highest BCUT2D eigenvalue weighted by molar-refractivity contribution is 9.24. The van der Waals surface area contributed by atoms with Gasteiger partial charge >= 0.3 is 5.97 Å². The van der Waals surface area contributed by atoms with Crippen molar-refractivity contribution in [2.45, 2.75) is 18.1 Å². The van der Waals surface area contributed by atoms with Crippen molar-refractivity contribution in [3.8, 4) is 33.4 Å². The van der Waals surface area contributed by atoms with Crippen molar-refractivity contribution < 1.29 is 9.53 Å². The Hall–Kier alpha value is 0.0700. The van der Waals surface area contributed by atoms with E-state index in [4.69, 9.17) is 27.9 Å². The van der Waals surface area contributed by atoms with Crippen LogP contribution in [-0.2, 0) is 15.4 Å². The van der Waals surface area contributed by atoms with Gasteiger partial charge in [0.1, 0.15) is 0 Å². The van der Waals surface area contributed by atoms with Crippen LogP contribution in [0.25, 0.3) is 44.2 Å². The molecule has 0 N–H and O–H groups in total. The molecule has 2 nitrogen and oxygen atoms in total. The van der Waals surface area contributed by atoms with E-state index in [9.17, 15) is 4.79 Å². The Bertz CT molecular complexity index is 1610. The Morgan fingerprint density at radius 1 is 0.763 bits per heavy atom. The van der Waals surface area contributed by atoms with Gasteiger partial charge in [0.2, 0.25) is 0 Å². The molecule has 0 spiro atoms. The topological polar surface area (TPSA) is 26.3 Å². The molecule has 10 heteroatoms. The minimum atomic E-state index is -0.391. The first-order valence-electron chi connectivity index (χ1n) is 11.2. The van der Waals surface area contributed by atoms with Gasteiger partial charge in [-0.15, -0.1) is 0 Å². The Labute approximate surface area is 280 Å². The molecule has 0 unspecified atom stereocenters. The first-order chi connectivity index (χ1) is 18.2.